The molecule has 0 fully saturated rings. The van der Waals surface area contributed by atoms with Crippen LogP contribution in [0.25, 0.3) is 0 Å². The van der Waals surface area contributed by atoms with Gasteiger partial charge in [0.05, 0.1) is 15.7 Å². The molecule has 0 aliphatic heterocycles. The number of nitrogens with two attached hydrogens (primary N) is 1. The first-order valence-corrected chi connectivity index (χ1v) is 4.01. The quantitative estimate of drug-likeness (QED) is 0.694. The van der Waals surface area contributed by atoms with Gasteiger partial charge in [-0.05, 0) is 34.5 Å². The fourth-order valence-electron chi connectivity index (χ4n) is 0.875. The molecule has 4 heteroatoms. The average Bonchev–Trinajstić information content (AvgIpc) is 2.02. The molecule has 1 aromatic rings. The molecule has 0 saturated heterocycles. The van der Waals surface area contributed by atoms with Gasteiger partial charge in [0.2, 0.25) is 0 Å². The minimum absolute atomic E-state index is 0.133. The molecule has 62 valence electrons. The first-order chi connectivity index (χ1) is 5.57. The Balaban J connectivity index is 3.56. The van der Waals surface area contributed by atoms with Gasteiger partial charge in [0.1, 0.15) is 11.9 Å². The van der Waals surface area contributed by atoms with Crippen molar-refractivity contribution in [3.63, 3.8) is 0 Å². The van der Waals surface area contributed by atoms with E-state index in [9.17, 15) is 4.39 Å². The standard InChI is InChI=1S/C8H6BrFN2/c1-4-2-6(10)7(9)5(3-11)8(4)12/h2H,12H2,1H3. The molecule has 0 saturated carbocycles. The molecule has 0 spiro atoms. The van der Waals surface area contributed by atoms with Crippen molar-refractivity contribution in [2.75, 3.05) is 5.73 Å². The number of hydrogen-bond acceptors (Lipinski definition) is 2. The summed E-state index contributed by atoms with van der Waals surface area (Å²) < 4.78 is 13.1. The first kappa shape index (κ1) is 9.01. The van der Waals surface area contributed by atoms with Crippen LogP contribution in [0.4, 0.5) is 10.1 Å². The van der Waals surface area contributed by atoms with Crippen LogP contribution in [0.5, 0.6) is 0 Å². The number of aryl methyl sites for hydroxylation is 1. The zero-order valence-corrected chi connectivity index (χ0v) is 7.94. The molecule has 2 N–H and O–H groups in total. The van der Waals surface area contributed by atoms with Crippen molar-refractivity contribution in [3.05, 3.63) is 27.5 Å². The molecule has 2 nitrogen and oxygen atoms in total. The highest BCUT2D eigenvalue weighted by Gasteiger charge is 2.11. The maximum Gasteiger partial charge on any atom is 0.139 e. The Morgan fingerprint density at radius 3 is 2.75 bits per heavy atom. The molecule has 0 radical (unpaired) electrons. The molecule has 0 aromatic heterocycles. The summed E-state index contributed by atoms with van der Waals surface area (Å²) in [5.74, 6) is -0.460. The number of anilines is 1. The van der Waals surface area contributed by atoms with E-state index in [1.165, 1.54) is 6.07 Å². The molecule has 0 aliphatic rings. The summed E-state index contributed by atoms with van der Waals surface area (Å²) in [6, 6.07) is 3.13. The van der Waals surface area contributed by atoms with E-state index in [4.69, 9.17) is 11.0 Å². The number of rotatable bonds is 0. The molecule has 0 aliphatic carbocycles. The third-order valence-corrected chi connectivity index (χ3v) is 2.35. The van der Waals surface area contributed by atoms with Gasteiger partial charge >= 0.3 is 0 Å². The summed E-state index contributed by atoms with van der Waals surface area (Å²) in [6.45, 7) is 1.66. The molecule has 0 bridgehead atoms. The second kappa shape index (κ2) is 3.11. The molecular weight excluding hydrogens is 223 g/mol. The molecule has 1 rings (SSSR count). The second-order valence-corrected chi connectivity index (χ2v) is 3.18. The van der Waals surface area contributed by atoms with E-state index in [0.29, 0.717) is 11.3 Å². The first-order valence-electron chi connectivity index (χ1n) is 3.22. The summed E-state index contributed by atoms with van der Waals surface area (Å²) >= 11 is 2.95. The van der Waals surface area contributed by atoms with Crippen LogP contribution in [0.2, 0.25) is 0 Å². The maximum absolute atomic E-state index is 13.0. The van der Waals surface area contributed by atoms with Gasteiger partial charge in [0.15, 0.2) is 0 Å². The predicted octanol–water partition coefficient (Wildman–Crippen LogP) is 2.35. The summed E-state index contributed by atoms with van der Waals surface area (Å²) in [5.41, 5.74) is 6.60. The Kier molecular flexibility index (Phi) is 2.34. The lowest BCUT2D eigenvalue weighted by Gasteiger charge is -2.04. The van der Waals surface area contributed by atoms with Crippen molar-refractivity contribution >= 4 is 21.6 Å². The van der Waals surface area contributed by atoms with Gasteiger partial charge in [-0.2, -0.15) is 5.26 Å². The van der Waals surface area contributed by atoms with Crippen LogP contribution < -0.4 is 5.73 Å². The Hall–Kier alpha value is -1.08. The van der Waals surface area contributed by atoms with Crippen molar-refractivity contribution in [3.8, 4) is 6.07 Å². The van der Waals surface area contributed by atoms with Crippen molar-refractivity contribution in [2.24, 2.45) is 0 Å². The SMILES string of the molecule is Cc1cc(F)c(Br)c(C#N)c1N. The summed E-state index contributed by atoms with van der Waals surface area (Å²) in [6.07, 6.45) is 0. The second-order valence-electron chi connectivity index (χ2n) is 2.39. The monoisotopic (exact) mass is 228 g/mol. The fourth-order valence-corrected chi connectivity index (χ4v) is 1.29. The Labute approximate surface area is 77.9 Å². The van der Waals surface area contributed by atoms with Crippen molar-refractivity contribution in [1.82, 2.24) is 0 Å². The van der Waals surface area contributed by atoms with Gasteiger partial charge < -0.3 is 5.73 Å². The van der Waals surface area contributed by atoms with Crippen LogP contribution in [0.3, 0.4) is 0 Å². The fraction of sp³-hybridized carbons (Fsp3) is 0.125. The summed E-state index contributed by atoms with van der Waals surface area (Å²) in [4.78, 5) is 0. The van der Waals surface area contributed by atoms with Crippen LogP contribution in [0.15, 0.2) is 10.5 Å². The minimum atomic E-state index is -0.460. The smallest absolute Gasteiger partial charge is 0.139 e. The van der Waals surface area contributed by atoms with Gasteiger partial charge in [-0.1, -0.05) is 0 Å². The molecule has 0 heterocycles. The largest absolute Gasteiger partial charge is 0.397 e. The van der Waals surface area contributed by atoms with E-state index < -0.39 is 5.82 Å². The number of nitriles is 1. The normalized spacial score (nSPS) is 9.50. The molecular formula is C8H6BrFN2. The van der Waals surface area contributed by atoms with Gasteiger partial charge in [-0.3, -0.25) is 0 Å². The van der Waals surface area contributed by atoms with Gasteiger partial charge in [0.25, 0.3) is 0 Å². The minimum Gasteiger partial charge on any atom is -0.397 e. The van der Waals surface area contributed by atoms with Crippen LogP contribution >= 0.6 is 15.9 Å². The van der Waals surface area contributed by atoms with E-state index in [1.807, 2.05) is 6.07 Å². The van der Waals surface area contributed by atoms with Crippen LogP contribution in [-0.2, 0) is 0 Å². The molecule has 0 unspecified atom stereocenters. The van der Waals surface area contributed by atoms with Crippen molar-refractivity contribution in [2.45, 2.75) is 6.92 Å². The van der Waals surface area contributed by atoms with Crippen LogP contribution in [0.1, 0.15) is 11.1 Å². The highest BCUT2D eigenvalue weighted by molar-refractivity contribution is 9.10. The van der Waals surface area contributed by atoms with Crippen molar-refractivity contribution in [1.29, 1.82) is 5.26 Å². The van der Waals surface area contributed by atoms with E-state index in [-0.39, 0.29) is 10.0 Å². The lowest BCUT2D eigenvalue weighted by Crippen LogP contribution is -1.97. The number of nitrogens with zero attached hydrogens (tertiary/aromatic N) is 1. The van der Waals surface area contributed by atoms with E-state index in [2.05, 4.69) is 15.9 Å². The highest BCUT2D eigenvalue weighted by Crippen LogP contribution is 2.27. The van der Waals surface area contributed by atoms with E-state index in [0.717, 1.165) is 0 Å². The Morgan fingerprint density at radius 2 is 2.25 bits per heavy atom. The Bertz CT molecular complexity index is 342. The molecule has 12 heavy (non-hydrogen) atoms. The third-order valence-electron chi connectivity index (χ3n) is 1.58. The zero-order chi connectivity index (χ0) is 9.30. The topological polar surface area (TPSA) is 49.8 Å². The molecule has 0 amide bonds. The number of benzene rings is 1. The highest BCUT2D eigenvalue weighted by atomic mass is 79.9. The molecule has 1 aromatic carbocycles. The zero-order valence-electron chi connectivity index (χ0n) is 6.36. The summed E-state index contributed by atoms with van der Waals surface area (Å²) in [5, 5.41) is 8.62. The average molecular weight is 229 g/mol. The van der Waals surface area contributed by atoms with E-state index in [1.54, 1.807) is 6.92 Å². The van der Waals surface area contributed by atoms with Gasteiger partial charge in [-0.25, -0.2) is 4.39 Å². The number of halogens is 2. The van der Waals surface area contributed by atoms with Gasteiger partial charge in [-0.15, -0.1) is 0 Å². The lowest BCUT2D eigenvalue weighted by molar-refractivity contribution is 0.619. The summed E-state index contributed by atoms with van der Waals surface area (Å²) in [7, 11) is 0. The number of nitrogen functional groups attached to an aromatic ring is 1. The lowest BCUT2D eigenvalue weighted by atomic mass is 10.1. The van der Waals surface area contributed by atoms with E-state index >= 15 is 0 Å². The number of hydrogen-bond donors (Lipinski definition) is 1. The van der Waals surface area contributed by atoms with Crippen LogP contribution in [-0.4, -0.2) is 0 Å². The maximum atomic E-state index is 13.0. The predicted molar refractivity (Wildman–Crippen MR) is 48.0 cm³/mol. The Morgan fingerprint density at radius 1 is 1.67 bits per heavy atom. The van der Waals surface area contributed by atoms with Crippen molar-refractivity contribution < 1.29 is 4.39 Å². The molecule has 0 atom stereocenters. The van der Waals surface area contributed by atoms with Crippen LogP contribution in [0, 0.1) is 24.1 Å². The van der Waals surface area contributed by atoms with Gasteiger partial charge in [0, 0.05) is 0 Å². The third kappa shape index (κ3) is 1.28.